The second-order valence-corrected chi connectivity index (χ2v) is 10.9. The number of piperidine rings is 2. The third-order valence-corrected chi connectivity index (χ3v) is 8.26. The van der Waals surface area contributed by atoms with Gasteiger partial charge < -0.3 is 19.6 Å². The van der Waals surface area contributed by atoms with Crippen LogP contribution in [0.2, 0.25) is 0 Å². The zero-order chi connectivity index (χ0) is 23.3. The van der Waals surface area contributed by atoms with Gasteiger partial charge in [0.05, 0.1) is 22.5 Å². The minimum absolute atomic E-state index is 0.0899. The van der Waals surface area contributed by atoms with Crippen molar-refractivity contribution in [1.29, 1.82) is 0 Å². The summed E-state index contributed by atoms with van der Waals surface area (Å²) in [5.74, 6) is 1.61. The first-order chi connectivity index (χ1) is 15.3. The van der Waals surface area contributed by atoms with Crippen LogP contribution in [0.4, 0.5) is 0 Å². The Hall–Kier alpha value is -1.12. The smallest absolute Gasteiger partial charge is 0.306 e. The first kappa shape index (κ1) is 25.5. The van der Waals surface area contributed by atoms with Crippen LogP contribution in [0, 0.1) is 17.8 Å². The van der Waals surface area contributed by atoms with Gasteiger partial charge in [0, 0.05) is 25.6 Å². The summed E-state index contributed by atoms with van der Waals surface area (Å²) in [7, 11) is 1.44. The molecule has 0 aromatic heterocycles. The first-order valence-electron chi connectivity index (χ1n) is 11.5. The van der Waals surface area contributed by atoms with Gasteiger partial charge in [-0.3, -0.25) is 9.59 Å². The number of phenolic OH excluding ortho intramolecular Hbond substituents is 1. The summed E-state index contributed by atoms with van der Waals surface area (Å²) >= 11 is 6.74. The summed E-state index contributed by atoms with van der Waals surface area (Å²) in [5.41, 5.74) is 1.02. The molecule has 1 aromatic carbocycles. The van der Waals surface area contributed by atoms with Crippen LogP contribution in [0.1, 0.15) is 44.6 Å². The molecule has 1 atom stereocenters. The number of methoxy groups -OCH3 is 1. The number of rotatable bonds is 7. The van der Waals surface area contributed by atoms with Gasteiger partial charge in [-0.2, -0.15) is 0 Å². The van der Waals surface area contributed by atoms with Crippen LogP contribution in [0.25, 0.3) is 0 Å². The van der Waals surface area contributed by atoms with Gasteiger partial charge in [0.1, 0.15) is 5.75 Å². The van der Waals surface area contributed by atoms with E-state index in [4.69, 9.17) is 4.74 Å². The van der Waals surface area contributed by atoms with Crippen LogP contribution in [0.5, 0.6) is 5.75 Å². The molecule has 8 heteroatoms. The summed E-state index contributed by atoms with van der Waals surface area (Å²) in [4.78, 5) is 28.8. The van der Waals surface area contributed by atoms with Crippen molar-refractivity contribution in [2.24, 2.45) is 17.8 Å². The number of carbonyl (C=O) groups is 2. The molecule has 1 N–H and O–H groups in total. The first-order valence-corrected chi connectivity index (χ1v) is 13.1. The number of carbonyl (C=O) groups excluding carboxylic acids is 2. The number of esters is 1. The van der Waals surface area contributed by atoms with Crippen molar-refractivity contribution in [2.45, 2.75) is 45.4 Å². The predicted octanol–water partition coefficient (Wildman–Crippen LogP) is 4.61. The van der Waals surface area contributed by atoms with Crippen LogP contribution in [0.15, 0.2) is 21.1 Å². The lowest BCUT2D eigenvalue weighted by Crippen LogP contribution is -2.44. The zero-order valence-electron chi connectivity index (χ0n) is 19.0. The van der Waals surface area contributed by atoms with Crippen molar-refractivity contribution in [3.63, 3.8) is 0 Å². The van der Waals surface area contributed by atoms with Crippen LogP contribution < -0.4 is 0 Å². The number of hydrogen-bond donors (Lipinski definition) is 1. The summed E-state index contributed by atoms with van der Waals surface area (Å²) < 4.78 is 6.02. The molecule has 0 bridgehead atoms. The average molecular weight is 574 g/mol. The Kier molecular flexibility index (Phi) is 9.44. The number of amides is 1. The fourth-order valence-corrected chi connectivity index (χ4v) is 6.36. The Morgan fingerprint density at radius 1 is 1.06 bits per heavy atom. The van der Waals surface area contributed by atoms with Gasteiger partial charge in [0.15, 0.2) is 0 Å². The molecule has 178 valence electrons. The Bertz CT molecular complexity index is 780. The van der Waals surface area contributed by atoms with E-state index in [1.54, 1.807) is 0 Å². The molecular formula is C24H34Br2N2O4. The highest BCUT2D eigenvalue weighted by Gasteiger charge is 2.32. The lowest BCUT2D eigenvalue weighted by Gasteiger charge is -2.40. The molecule has 0 unspecified atom stereocenters. The zero-order valence-corrected chi connectivity index (χ0v) is 22.2. The van der Waals surface area contributed by atoms with E-state index < -0.39 is 0 Å². The van der Waals surface area contributed by atoms with Gasteiger partial charge >= 0.3 is 5.97 Å². The number of halogens is 2. The van der Waals surface area contributed by atoms with Gasteiger partial charge in [-0.05, 0) is 107 Å². The van der Waals surface area contributed by atoms with E-state index in [9.17, 15) is 14.7 Å². The maximum absolute atomic E-state index is 13.0. The number of phenols is 1. The molecule has 6 nitrogen and oxygen atoms in total. The molecule has 3 rings (SSSR count). The van der Waals surface area contributed by atoms with Crippen molar-refractivity contribution < 1.29 is 19.4 Å². The van der Waals surface area contributed by atoms with Gasteiger partial charge in [0.2, 0.25) is 5.91 Å². The molecule has 2 saturated heterocycles. The second kappa shape index (κ2) is 11.8. The SMILES string of the molecule is COC(=O)CCN1CCC(C2CCN(C(=O)[C@H](C)Cc3cc(Br)c(O)c(Br)c3)CC2)CC1. The molecule has 32 heavy (non-hydrogen) atoms. The Labute approximate surface area is 207 Å². The van der Waals surface area contributed by atoms with E-state index in [-0.39, 0.29) is 23.5 Å². The molecule has 0 spiro atoms. The summed E-state index contributed by atoms with van der Waals surface area (Å²) in [6.07, 6.45) is 5.66. The third-order valence-electron chi connectivity index (χ3n) is 7.05. The topological polar surface area (TPSA) is 70.1 Å². The molecule has 1 aromatic rings. The van der Waals surface area contributed by atoms with Gasteiger partial charge in [-0.15, -0.1) is 0 Å². The van der Waals surface area contributed by atoms with E-state index in [0.717, 1.165) is 57.0 Å². The monoisotopic (exact) mass is 572 g/mol. The quantitative estimate of drug-likeness (QED) is 0.482. The fourth-order valence-electron chi connectivity index (χ4n) is 5.08. The molecule has 0 aliphatic carbocycles. The number of ether oxygens (including phenoxy) is 1. The lowest BCUT2D eigenvalue weighted by molar-refractivity contribution is -0.141. The Morgan fingerprint density at radius 2 is 1.59 bits per heavy atom. The minimum Gasteiger partial charge on any atom is -0.506 e. The number of benzene rings is 1. The van der Waals surface area contributed by atoms with E-state index in [0.29, 0.717) is 27.7 Å². The van der Waals surface area contributed by atoms with Crippen molar-refractivity contribution >= 4 is 43.7 Å². The Balaban J connectivity index is 1.42. The standard InChI is InChI=1S/C24H34Br2N2O4/c1-16(13-17-14-20(25)23(30)21(26)15-17)24(31)28-11-5-19(6-12-28)18-3-8-27(9-4-18)10-7-22(29)32-2/h14-16,18-19,30H,3-13H2,1-2H3/t16-/m1/s1. The molecule has 0 radical (unpaired) electrons. The second-order valence-electron chi connectivity index (χ2n) is 9.18. The van der Waals surface area contributed by atoms with Gasteiger partial charge in [-0.1, -0.05) is 6.92 Å². The molecule has 2 aliphatic heterocycles. The van der Waals surface area contributed by atoms with Crippen LogP contribution in [0.3, 0.4) is 0 Å². The molecular weight excluding hydrogens is 540 g/mol. The fraction of sp³-hybridized carbons (Fsp3) is 0.667. The normalized spacial score (nSPS) is 19.7. The average Bonchev–Trinajstić information content (AvgIpc) is 2.80. The van der Waals surface area contributed by atoms with Crippen molar-refractivity contribution in [3.05, 3.63) is 26.6 Å². The summed E-state index contributed by atoms with van der Waals surface area (Å²) in [6, 6.07) is 3.77. The highest BCUT2D eigenvalue weighted by Crippen LogP contribution is 2.35. The third kappa shape index (κ3) is 6.70. The van der Waals surface area contributed by atoms with Crippen molar-refractivity contribution in [3.8, 4) is 5.75 Å². The van der Waals surface area contributed by atoms with Crippen LogP contribution in [-0.4, -0.2) is 66.6 Å². The highest BCUT2D eigenvalue weighted by atomic mass is 79.9. The molecule has 2 heterocycles. The van der Waals surface area contributed by atoms with Crippen LogP contribution in [-0.2, 0) is 20.7 Å². The molecule has 2 fully saturated rings. The van der Waals surface area contributed by atoms with Crippen molar-refractivity contribution in [2.75, 3.05) is 39.8 Å². The van der Waals surface area contributed by atoms with Gasteiger partial charge in [-0.25, -0.2) is 0 Å². The largest absolute Gasteiger partial charge is 0.506 e. The van der Waals surface area contributed by atoms with Gasteiger partial charge in [0.25, 0.3) is 0 Å². The number of likely N-dealkylation sites (tertiary alicyclic amines) is 2. The maximum Gasteiger partial charge on any atom is 0.306 e. The van der Waals surface area contributed by atoms with Crippen LogP contribution >= 0.6 is 31.9 Å². The molecule has 1 amide bonds. The highest BCUT2D eigenvalue weighted by molar-refractivity contribution is 9.11. The van der Waals surface area contributed by atoms with Crippen molar-refractivity contribution in [1.82, 2.24) is 9.80 Å². The lowest BCUT2D eigenvalue weighted by atomic mass is 9.78. The number of hydrogen-bond acceptors (Lipinski definition) is 5. The summed E-state index contributed by atoms with van der Waals surface area (Å²) in [5, 5.41) is 9.89. The maximum atomic E-state index is 13.0. The molecule has 2 aliphatic rings. The number of aromatic hydroxyl groups is 1. The van der Waals surface area contributed by atoms with E-state index in [1.807, 2.05) is 24.0 Å². The number of nitrogens with zero attached hydrogens (tertiary/aromatic N) is 2. The minimum atomic E-state index is -0.135. The predicted molar refractivity (Wildman–Crippen MR) is 131 cm³/mol. The van der Waals surface area contributed by atoms with E-state index >= 15 is 0 Å². The molecule has 0 saturated carbocycles. The van der Waals surface area contributed by atoms with E-state index in [2.05, 4.69) is 36.8 Å². The van der Waals surface area contributed by atoms with E-state index in [1.165, 1.54) is 20.0 Å². The summed E-state index contributed by atoms with van der Waals surface area (Å²) in [6.45, 7) is 6.58. The Morgan fingerprint density at radius 3 is 2.12 bits per heavy atom.